The summed E-state index contributed by atoms with van der Waals surface area (Å²) in [7, 11) is -3.14. The zero-order valence-corrected chi connectivity index (χ0v) is 18.4. The molecule has 6 nitrogen and oxygen atoms in total. The first kappa shape index (κ1) is 19.9. The summed E-state index contributed by atoms with van der Waals surface area (Å²) in [5, 5.41) is 2.32. The molecule has 1 saturated carbocycles. The fourth-order valence-corrected chi connectivity index (χ4v) is 7.49. The standard InChI is InChI=1S/C23H30N4O2S/c1-16-3-2-12-27(14-16)30(28,29)15-17-4-6-18(7-5-17)19-8-10-24-21-13-26-23-20(22(19)21)9-11-25-23/h8-11,13,16-18H,2-7,12,14-15H2,1H3,(H,25,26). The molecule has 3 aromatic rings. The highest BCUT2D eigenvalue weighted by Crippen LogP contribution is 2.40. The highest BCUT2D eigenvalue weighted by molar-refractivity contribution is 7.89. The number of nitrogens with zero attached hydrogens (tertiary/aromatic N) is 3. The maximum absolute atomic E-state index is 12.9. The van der Waals surface area contributed by atoms with E-state index in [1.54, 1.807) is 4.31 Å². The lowest BCUT2D eigenvalue weighted by Gasteiger charge is -2.33. The second kappa shape index (κ2) is 7.93. The van der Waals surface area contributed by atoms with E-state index >= 15 is 0 Å². The van der Waals surface area contributed by atoms with E-state index in [0.717, 1.165) is 55.1 Å². The van der Waals surface area contributed by atoms with Gasteiger partial charge in [0.1, 0.15) is 5.65 Å². The Hall–Kier alpha value is -1.99. The van der Waals surface area contributed by atoms with E-state index in [1.807, 2.05) is 18.6 Å². The van der Waals surface area contributed by atoms with Crippen molar-refractivity contribution in [1.29, 1.82) is 0 Å². The summed E-state index contributed by atoms with van der Waals surface area (Å²) in [5.41, 5.74) is 3.16. The number of sulfonamides is 1. The average Bonchev–Trinajstić information content (AvgIpc) is 3.23. The van der Waals surface area contributed by atoms with E-state index in [4.69, 9.17) is 0 Å². The largest absolute Gasteiger partial charge is 0.346 e. The van der Waals surface area contributed by atoms with Gasteiger partial charge in [-0.25, -0.2) is 17.7 Å². The molecule has 4 heterocycles. The lowest BCUT2D eigenvalue weighted by molar-refractivity contribution is 0.275. The minimum Gasteiger partial charge on any atom is -0.346 e. The third kappa shape index (κ3) is 3.73. The second-order valence-electron chi connectivity index (χ2n) is 9.26. The number of rotatable bonds is 4. The van der Waals surface area contributed by atoms with Crippen molar-refractivity contribution in [2.75, 3.05) is 18.8 Å². The molecule has 0 spiro atoms. The Morgan fingerprint density at radius 1 is 1.13 bits per heavy atom. The molecule has 1 aliphatic carbocycles. The van der Waals surface area contributed by atoms with Gasteiger partial charge in [0.05, 0.1) is 17.5 Å². The Morgan fingerprint density at radius 2 is 1.97 bits per heavy atom. The van der Waals surface area contributed by atoms with Crippen LogP contribution in [0, 0.1) is 11.8 Å². The number of fused-ring (bicyclic) bond motifs is 3. The molecular formula is C23H30N4O2S. The van der Waals surface area contributed by atoms with Crippen molar-refractivity contribution in [3.63, 3.8) is 0 Å². The highest BCUT2D eigenvalue weighted by atomic mass is 32.2. The summed E-state index contributed by atoms with van der Waals surface area (Å²) >= 11 is 0. The lowest BCUT2D eigenvalue weighted by Crippen LogP contribution is -2.41. The summed E-state index contributed by atoms with van der Waals surface area (Å²) in [6.07, 6.45) is 11.8. The van der Waals surface area contributed by atoms with E-state index in [-0.39, 0.29) is 5.92 Å². The van der Waals surface area contributed by atoms with Crippen LogP contribution in [-0.2, 0) is 10.0 Å². The van der Waals surface area contributed by atoms with Crippen LogP contribution < -0.4 is 0 Å². The number of aromatic nitrogens is 3. The molecule has 1 aliphatic heterocycles. The van der Waals surface area contributed by atoms with Gasteiger partial charge in [-0.2, -0.15) is 0 Å². The van der Waals surface area contributed by atoms with Gasteiger partial charge in [0.2, 0.25) is 10.0 Å². The zero-order chi connectivity index (χ0) is 20.7. The van der Waals surface area contributed by atoms with Gasteiger partial charge >= 0.3 is 0 Å². The first-order valence-corrected chi connectivity index (χ1v) is 12.8. The molecule has 0 aromatic carbocycles. The summed E-state index contributed by atoms with van der Waals surface area (Å²) < 4.78 is 27.6. The molecule has 0 amide bonds. The van der Waals surface area contributed by atoms with Gasteiger partial charge in [0.15, 0.2) is 0 Å². The smallest absolute Gasteiger partial charge is 0.214 e. The maximum Gasteiger partial charge on any atom is 0.214 e. The monoisotopic (exact) mass is 426 g/mol. The van der Waals surface area contributed by atoms with Crippen molar-refractivity contribution < 1.29 is 8.42 Å². The van der Waals surface area contributed by atoms with Crippen molar-refractivity contribution in [3.8, 4) is 0 Å². The zero-order valence-electron chi connectivity index (χ0n) is 17.5. The van der Waals surface area contributed by atoms with E-state index in [0.29, 0.717) is 30.7 Å². The second-order valence-corrected chi connectivity index (χ2v) is 11.3. The number of hydrogen-bond donors (Lipinski definition) is 1. The minimum atomic E-state index is -3.14. The SMILES string of the molecule is CC1CCCN(S(=O)(=O)CC2CCC(c3ccnc4cnc5[nH]ccc5c34)CC2)C1. The summed E-state index contributed by atoms with van der Waals surface area (Å²) in [6.45, 7) is 3.55. The molecule has 0 bridgehead atoms. The molecule has 30 heavy (non-hydrogen) atoms. The van der Waals surface area contributed by atoms with Crippen molar-refractivity contribution in [2.45, 2.75) is 51.4 Å². The summed E-state index contributed by atoms with van der Waals surface area (Å²) in [6, 6.07) is 4.22. The molecule has 3 aromatic heterocycles. The number of hydrogen-bond acceptors (Lipinski definition) is 4. The van der Waals surface area contributed by atoms with Crippen LogP contribution in [0.1, 0.15) is 56.9 Å². The topological polar surface area (TPSA) is 79.0 Å². The first-order valence-electron chi connectivity index (χ1n) is 11.2. The van der Waals surface area contributed by atoms with Crippen molar-refractivity contribution in [3.05, 3.63) is 36.3 Å². The van der Waals surface area contributed by atoms with Crippen LogP contribution in [0.3, 0.4) is 0 Å². The van der Waals surface area contributed by atoms with Gasteiger partial charge in [-0.15, -0.1) is 0 Å². The van der Waals surface area contributed by atoms with Crippen molar-refractivity contribution in [2.24, 2.45) is 11.8 Å². The van der Waals surface area contributed by atoms with Gasteiger partial charge in [0.25, 0.3) is 0 Å². The first-order chi connectivity index (χ1) is 14.5. The average molecular weight is 427 g/mol. The molecule has 0 radical (unpaired) electrons. The van der Waals surface area contributed by atoms with Crippen LogP contribution in [-0.4, -0.2) is 46.5 Å². The predicted octanol–water partition coefficient (Wildman–Crippen LogP) is 4.45. The molecule has 1 saturated heterocycles. The molecule has 2 fully saturated rings. The van der Waals surface area contributed by atoms with Crippen LogP contribution in [0.15, 0.2) is 30.7 Å². The Labute approximate surface area is 178 Å². The van der Waals surface area contributed by atoms with Gasteiger partial charge in [-0.1, -0.05) is 6.92 Å². The molecule has 1 unspecified atom stereocenters. The number of piperidine rings is 1. The molecular weight excluding hydrogens is 396 g/mol. The number of H-pyrrole nitrogens is 1. The quantitative estimate of drug-likeness (QED) is 0.669. The number of aromatic amines is 1. The van der Waals surface area contributed by atoms with E-state index in [1.165, 1.54) is 10.9 Å². The summed E-state index contributed by atoms with van der Waals surface area (Å²) in [5.74, 6) is 1.51. The number of nitrogens with one attached hydrogen (secondary N) is 1. The predicted molar refractivity (Wildman–Crippen MR) is 120 cm³/mol. The maximum atomic E-state index is 12.9. The van der Waals surface area contributed by atoms with Gasteiger partial charge < -0.3 is 4.98 Å². The van der Waals surface area contributed by atoms with Gasteiger partial charge in [-0.3, -0.25) is 4.98 Å². The van der Waals surface area contributed by atoms with E-state index < -0.39 is 10.0 Å². The molecule has 1 N–H and O–H groups in total. The fourth-order valence-electron chi connectivity index (χ4n) is 5.46. The molecule has 160 valence electrons. The molecule has 2 aliphatic rings. The third-order valence-electron chi connectivity index (χ3n) is 7.07. The fraction of sp³-hybridized carbons (Fsp3) is 0.565. The Balaban J connectivity index is 1.31. The van der Waals surface area contributed by atoms with Crippen LogP contribution in [0.4, 0.5) is 0 Å². The highest BCUT2D eigenvalue weighted by Gasteiger charge is 2.32. The van der Waals surface area contributed by atoms with Crippen molar-refractivity contribution in [1.82, 2.24) is 19.3 Å². The van der Waals surface area contributed by atoms with Gasteiger partial charge in [-0.05, 0) is 74.0 Å². The Bertz CT molecular complexity index is 1150. The van der Waals surface area contributed by atoms with Crippen LogP contribution >= 0.6 is 0 Å². The van der Waals surface area contributed by atoms with E-state index in [9.17, 15) is 8.42 Å². The van der Waals surface area contributed by atoms with E-state index in [2.05, 4.69) is 34.0 Å². The lowest BCUT2D eigenvalue weighted by atomic mass is 9.78. The van der Waals surface area contributed by atoms with Gasteiger partial charge in [0, 0.05) is 36.3 Å². The molecule has 5 rings (SSSR count). The van der Waals surface area contributed by atoms with Crippen LogP contribution in [0.2, 0.25) is 0 Å². The minimum absolute atomic E-state index is 0.269. The summed E-state index contributed by atoms with van der Waals surface area (Å²) in [4.78, 5) is 12.2. The van der Waals surface area contributed by atoms with Crippen molar-refractivity contribution >= 4 is 32.0 Å². The molecule has 1 atom stereocenters. The molecule has 7 heteroatoms. The normalized spacial score (nSPS) is 26.4. The number of pyridine rings is 2. The van der Waals surface area contributed by atoms with Crippen LogP contribution in [0.25, 0.3) is 21.9 Å². The Morgan fingerprint density at radius 3 is 2.77 bits per heavy atom. The third-order valence-corrected chi connectivity index (χ3v) is 9.08. The Kier molecular flexibility index (Phi) is 5.27. The van der Waals surface area contributed by atoms with Crippen LogP contribution in [0.5, 0.6) is 0 Å².